The van der Waals surface area contributed by atoms with Gasteiger partial charge in [-0.2, -0.15) is 0 Å². The SMILES string of the molecule is Brc1cccc(Br)c1NC1CCc2ccccc21. The maximum Gasteiger partial charge on any atom is 0.0633 e. The summed E-state index contributed by atoms with van der Waals surface area (Å²) in [4.78, 5) is 0. The predicted molar refractivity (Wildman–Crippen MR) is 83.0 cm³/mol. The molecule has 1 aliphatic carbocycles. The lowest BCUT2D eigenvalue weighted by atomic mass is 10.1. The van der Waals surface area contributed by atoms with E-state index >= 15 is 0 Å². The number of rotatable bonds is 2. The van der Waals surface area contributed by atoms with Crippen LogP contribution < -0.4 is 5.32 Å². The van der Waals surface area contributed by atoms with Gasteiger partial charge in [0, 0.05) is 8.95 Å². The average Bonchev–Trinajstić information content (AvgIpc) is 2.77. The number of para-hydroxylation sites is 1. The van der Waals surface area contributed by atoms with E-state index in [0.29, 0.717) is 6.04 Å². The van der Waals surface area contributed by atoms with Crippen LogP contribution in [0.15, 0.2) is 51.4 Å². The van der Waals surface area contributed by atoms with Crippen molar-refractivity contribution in [2.45, 2.75) is 18.9 Å². The minimum atomic E-state index is 0.413. The highest BCUT2D eigenvalue weighted by Crippen LogP contribution is 2.38. The summed E-state index contributed by atoms with van der Waals surface area (Å²) in [5.41, 5.74) is 4.04. The number of nitrogens with one attached hydrogen (secondary N) is 1. The summed E-state index contributed by atoms with van der Waals surface area (Å²) in [5.74, 6) is 0. The van der Waals surface area contributed by atoms with Crippen molar-refractivity contribution in [3.63, 3.8) is 0 Å². The van der Waals surface area contributed by atoms with Crippen LogP contribution in [0.4, 0.5) is 5.69 Å². The van der Waals surface area contributed by atoms with E-state index in [0.717, 1.165) is 27.5 Å². The third kappa shape index (κ3) is 2.21. The quantitative estimate of drug-likeness (QED) is 0.759. The van der Waals surface area contributed by atoms with Gasteiger partial charge in [-0.15, -0.1) is 0 Å². The third-order valence-corrected chi connectivity index (χ3v) is 4.74. The third-order valence-electron chi connectivity index (χ3n) is 3.41. The van der Waals surface area contributed by atoms with Crippen molar-refractivity contribution in [2.75, 3.05) is 5.32 Å². The van der Waals surface area contributed by atoms with Gasteiger partial charge in [-0.05, 0) is 68.0 Å². The Balaban J connectivity index is 1.91. The lowest BCUT2D eigenvalue weighted by Crippen LogP contribution is -2.08. The van der Waals surface area contributed by atoms with Gasteiger partial charge in [0.2, 0.25) is 0 Å². The lowest BCUT2D eigenvalue weighted by molar-refractivity contribution is 0.761. The molecule has 0 fully saturated rings. The molecule has 3 heteroatoms. The molecular formula is C15H13Br2N. The first-order valence-electron chi connectivity index (χ1n) is 6.04. The van der Waals surface area contributed by atoms with Crippen LogP contribution in [0.25, 0.3) is 0 Å². The second kappa shape index (κ2) is 5.06. The summed E-state index contributed by atoms with van der Waals surface area (Å²) in [6, 6.07) is 15.3. The highest BCUT2D eigenvalue weighted by molar-refractivity contribution is 9.11. The Morgan fingerprint density at radius 2 is 1.67 bits per heavy atom. The number of aryl methyl sites for hydroxylation is 1. The standard InChI is InChI=1S/C15H13Br2N/c16-12-6-3-7-13(17)15(12)18-14-9-8-10-4-1-2-5-11(10)14/h1-7,14,18H,8-9H2. The van der Waals surface area contributed by atoms with Crippen LogP contribution in [-0.2, 0) is 6.42 Å². The number of anilines is 1. The zero-order valence-electron chi connectivity index (χ0n) is 9.79. The monoisotopic (exact) mass is 365 g/mol. The van der Waals surface area contributed by atoms with Gasteiger partial charge in [-0.25, -0.2) is 0 Å². The van der Waals surface area contributed by atoms with Crippen molar-refractivity contribution in [1.82, 2.24) is 0 Å². The summed E-state index contributed by atoms with van der Waals surface area (Å²) in [6.07, 6.45) is 2.32. The van der Waals surface area contributed by atoms with Gasteiger partial charge < -0.3 is 5.32 Å². The zero-order valence-corrected chi connectivity index (χ0v) is 13.0. The molecule has 0 radical (unpaired) electrons. The average molecular weight is 367 g/mol. The first-order chi connectivity index (χ1) is 8.75. The van der Waals surface area contributed by atoms with Gasteiger partial charge in [0.05, 0.1) is 11.7 Å². The maximum atomic E-state index is 3.64. The molecule has 2 aromatic carbocycles. The molecule has 1 N–H and O–H groups in total. The highest BCUT2D eigenvalue weighted by Gasteiger charge is 2.22. The molecule has 2 aromatic rings. The lowest BCUT2D eigenvalue weighted by Gasteiger charge is -2.18. The number of benzene rings is 2. The molecule has 0 saturated carbocycles. The van der Waals surface area contributed by atoms with Crippen LogP contribution in [0.3, 0.4) is 0 Å². The smallest absolute Gasteiger partial charge is 0.0633 e. The second-order valence-electron chi connectivity index (χ2n) is 4.53. The van der Waals surface area contributed by atoms with E-state index in [1.54, 1.807) is 0 Å². The van der Waals surface area contributed by atoms with E-state index in [-0.39, 0.29) is 0 Å². The van der Waals surface area contributed by atoms with Gasteiger partial charge in [0.25, 0.3) is 0 Å². The Morgan fingerprint density at radius 3 is 2.44 bits per heavy atom. The van der Waals surface area contributed by atoms with Crippen molar-refractivity contribution in [3.05, 3.63) is 62.5 Å². The van der Waals surface area contributed by atoms with Gasteiger partial charge >= 0.3 is 0 Å². The van der Waals surface area contributed by atoms with Gasteiger partial charge in [-0.1, -0.05) is 30.3 Å². The van der Waals surface area contributed by atoms with E-state index in [9.17, 15) is 0 Å². The molecular weight excluding hydrogens is 354 g/mol. The van der Waals surface area contributed by atoms with Crippen molar-refractivity contribution >= 4 is 37.5 Å². The van der Waals surface area contributed by atoms with Crippen LogP contribution >= 0.6 is 31.9 Å². The molecule has 18 heavy (non-hydrogen) atoms. The van der Waals surface area contributed by atoms with E-state index in [2.05, 4.69) is 73.6 Å². The minimum absolute atomic E-state index is 0.413. The van der Waals surface area contributed by atoms with E-state index in [1.807, 2.05) is 6.07 Å². The van der Waals surface area contributed by atoms with Crippen LogP contribution in [0.1, 0.15) is 23.6 Å². The molecule has 1 atom stereocenters. The first kappa shape index (κ1) is 12.2. The minimum Gasteiger partial charge on any atom is -0.376 e. The van der Waals surface area contributed by atoms with E-state index in [4.69, 9.17) is 0 Å². The van der Waals surface area contributed by atoms with Crippen LogP contribution in [0.2, 0.25) is 0 Å². The Labute approximate surface area is 124 Å². The summed E-state index contributed by atoms with van der Waals surface area (Å²) in [6.45, 7) is 0. The number of halogens is 2. The molecule has 3 rings (SSSR count). The molecule has 0 aromatic heterocycles. The summed E-state index contributed by atoms with van der Waals surface area (Å²) < 4.78 is 2.20. The Kier molecular flexibility index (Phi) is 3.44. The summed E-state index contributed by atoms with van der Waals surface area (Å²) >= 11 is 7.20. The molecule has 92 valence electrons. The van der Waals surface area contributed by atoms with Gasteiger partial charge in [-0.3, -0.25) is 0 Å². The normalized spacial score (nSPS) is 17.6. The Hall–Kier alpha value is -0.800. The largest absolute Gasteiger partial charge is 0.376 e. The molecule has 0 amide bonds. The van der Waals surface area contributed by atoms with Crippen molar-refractivity contribution in [3.8, 4) is 0 Å². The molecule has 1 aliphatic rings. The van der Waals surface area contributed by atoms with Gasteiger partial charge in [0.15, 0.2) is 0 Å². The molecule has 1 nitrogen and oxygen atoms in total. The molecule has 1 unspecified atom stereocenters. The first-order valence-corrected chi connectivity index (χ1v) is 7.62. The molecule has 0 heterocycles. The highest BCUT2D eigenvalue weighted by atomic mass is 79.9. The van der Waals surface area contributed by atoms with Crippen LogP contribution in [0.5, 0.6) is 0 Å². The van der Waals surface area contributed by atoms with E-state index in [1.165, 1.54) is 11.1 Å². The van der Waals surface area contributed by atoms with Crippen molar-refractivity contribution < 1.29 is 0 Å². The fourth-order valence-corrected chi connectivity index (χ4v) is 3.74. The van der Waals surface area contributed by atoms with Crippen molar-refractivity contribution in [1.29, 1.82) is 0 Å². The predicted octanol–water partition coefficient (Wildman–Crippen LogP) is 5.31. The number of hydrogen-bond donors (Lipinski definition) is 1. The molecule has 0 spiro atoms. The fraction of sp³-hybridized carbons (Fsp3) is 0.200. The second-order valence-corrected chi connectivity index (χ2v) is 6.24. The number of hydrogen-bond acceptors (Lipinski definition) is 1. The molecule has 0 saturated heterocycles. The topological polar surface area (TPSA) is 12.0 Å². The summed E-state index contributed by atoms with van der Waals surface area (Å²) in [5, 5.41) is 3.64. The van der Waals surface area contributed by atoms with Gasteiger partial charge in [0.1, 0.15) is 0 Å². The van der Waals surface area contributed by atoms with Crippen molar-refractivity contribution in [2.24, 2.45) is 0 Å². The van der Waals surface area contributed by atoms with Crippen LogP contribution in [0, 0.1) is 0 Å². The molecule has 0 bridgehead atoms. The van der Waals surface area contributed by atoms with E-state index < -0.39 is 0 Å². The number of fused-ring (bicyclic) bond motifs is 1. The van der Waals surface area contributed by atoms with Crippen LogP contribution in [-0.4, -0.2) is 0 Å². The Bertz CT molecular complexity index is 560. The maximum absolute atomic E-state index is 3.64. The zero-order chi connectivity index (χ0) is 12.5. The summed E-state index contributed by atoms with van der Waals surface area (Å²) in [7, 11) is 0. The Morgan fingerprint density at radius 1 is 0.944 bits per heavy atom. The fourth-order valence-electron chi connectivity index (χ4n) is 2.52. The molecule has 0 aliphatic heterocycles.